The van der Waals surface area contributed by atoms with Gasteiger partial charge in [-0.3, -0.25) is 9.88 Å². The minimum absolute atomic E-state index is 0.211. The number of aromatic nitrogens is 2. The van der Waals surface area contributed by atoms with Crippen LogP contribution in [0.15, 0.2) is 28.9 Å². The van der Waals surface area contributed by atoms with E-state index < -0.39 is 5.97 Å². The molecule has 1 atom stereocenters. The molecule has 6 heteroatoms. The third-order valence-electron chi connectivity index (χ3n) is 3.78. The molecule has 21 heavy (non-hydrogen) atoms. The van der Waals surface area contributed by atoms with E-state index >= 15 is 0 Å². The van der Waals surface area contributed by atoms with Gasteiger partial charge in [-0.25, -0.2) is 4.79 Å². The Morgan fingerprint density at radius 2 is 2.38 bits per heavy atom. The van der Waals surface area contributed by atoms with Crippen molar-refractivity contribution in [1.29, 1.82) is 0 Å². The minimum Gasteiger partial charge on any atom is -0.478 e. The van der Waals surface area contributed by atoms with E-state index in [0.717, 1.165) is 36.5 Å². The highest BCUT2D eigenvalue weighted by atomic mass is 16.5. The maximum Gasteiger partial charge on any atom is 0.337 e. The van der Waals surface area contributed by atoms with Crippen LogP contribution in [-0.2, 0) is 6.54 Å². The summed E-state index contributed by atoms with van der Waals surface area (Å²) in [5.74, 6) is -0.0580. The van der Waals surface area contributed by atoms with Gasteiger partial charge in [0, 0.05) is 18.8 Å². The molecule has 110 valence electrons. The number of pyridine rings is 1. The topological polar surface area (TPSA) is 79.5 Å². The Morgan fingerprint density at radius 1 is 1.52 bits per heavy atom. The number of carboxylic acids is 1. The highest BCUT2D eigenvalue weighted by Crippen LogP contribution is 2.33. The predicted octanol–water partition coefficient (Wildman–Crippen LogP) is 2.41. The molecule has 1 N–H and O–H groups in total. The van der Waals surface area contributed by atoms with E-state index in [0.29, 0.717) is 6.54 Å². The Bertz CT molecular complexity index is 636. The van der Waals surface area contributed by atoms with Crippen molar-refractivity contribution in [2.24, 2.45) is 0 Å². The number of carboxylic acid groups (broad SMARTS) is 1. The highest BCUT2D eigenvalue weighted by Gasteiger charge is 2.29. The first kappa shape index (κ1) is 13.8. The molecular weight excluding hydrogens is 270 g/mol. The van der Waals surface area contributed by atoms with Crippen LogP contribution in [0.1, 0.15) is 46.4 Å². The molecule has 0 spiro atoms. The Hall–Kier alpha value is -2.21. The van der Waals surface area contributed by atoms with Gasteiger partial charge in [0.15, 0.2) is 5.76 Å². The van der Waals surface area contributed by atoms with E-state index in [1.165, 1.54) is 6.20 Å². The quantitative estimate of drug-likeness (QED) is 0.930. The number of nitrogens with zero attached hydrogens (tertiary/aromatic N) is 3. The first-order valence-electron chi connectivity index (χ1n) is 6.99. The molecule has 2 aromatic rings. The second-order valence-electron chi connectivity index (χ2n) is 5.34. The summed E-state index contributed by atoms with van der Waals surface area (Å²) in [6, 6.07) is 5.56. The monoisotopic (exact) mass is 287 g/mol. The van der Waals surface area contributed by atoms with Crippen LogP contribution in [0, 0.1) is 6.92 Å². The number of aromatic carboxylic acids is 1. The zero-order valence-corrected chi connectivity index (χ0v) is 11.8. The van der Waals surface area contributed by atoms with Gasteiger partial charge in [0.1, 0.15) is 0 Å². The van der Waals surface area contributed by atoms with E-state index in [2.05, 4.69) is 15.0 Å². The minimum atomic E-state index is -0.953. The zero-order valence-electron chi connectivity index (χ0n) is 11.8. The third-order valence-corrected chi connectivity index (χ3v) is 3.78. The SMILES string of the molecule is Cc1cc(C2CCCN2Cc2ccc(C(=O)O)cn2)on1. The first-order chi connectivity index (χ1) is 10.1. The normalized spacial score (nSPS) is 19.0. The maximum atomic E-state index is 10.8. The number of likely N-dealkylation sites (tertiary alicyclic amines) is 1. The number of hydrogen-bond acceptors (Lipinski definition) is 5. The van der Waals surface area contributed by atoms with E-state index in [4.69, 9.17) is 9.63 Å². The number of rotatable bonds is 4. The summed E-state index contributed by atoms with van der Waals surface area (Å²) in [7, 11) is 0. The molecule has 1 saturated heterocycles. The van der Waals surface area contributed by atoms with Crippen LogP contribution in [0.3, 0.4) is 0 Å². The lowest BCUT2D eigenvalue weighted by Crippen LogP contribution is -2.23. The van der Waals surface area contributed by atoms with E-state index in [-0.39, 0.29) is 11.6 Å². The van der Waals surface area contributed by atoms with E-state index in [1.807, 2.05) is 13.0 Å². The molecule has 1 aliphatic heterocycles. The number of aryl methyl sites for hydroxylation is 1. The van der Waals surface area contributed by atoms with Gasteiger partial charge in [-0.15, -0.1) is 0 Å². The molecule has 1 aliphatic rings. The average molecular weight is 287 g/mol. The summed E-state index contributed by atoms with van der Waals surface area (Å²) >= 11 is 0. The van der Waals surface area contributed by atoms with Crippen molar-refractivity contribution in [1.82, 2.24) is 15.0 Å². The van der Waals surface area contributed by atoms with Crippen molar-refractivity contribution < 1.29 is 14.4 Å². The summed E-state index contributed by atoms with van der Waals surface area (Å²) in [5.41, 5.74) is 1.96. The standard InChI is InChI=1S/C15H17N3O3/c1-10-7-14(21-17-10)13-3-2-6-18(13)9-12-5-4-11(8-16-12)15(19)20/h4-5,7-8,13H,2-3,6,9H2,1H3,(H,19,20). The molecular formula is C15H17N3O3. The molecule has 1 fully saturated rings. The van der Waals surface area contributed by atoms with Crippen molar-refractivity contribution >= 4 is 5.97 Å². The van der Waals surface area contributed by atoms with Crippen molar-refractivity contribution in [3.05, 3.63) is 47.1 Å². The Labute approximate surface area is 122 Å². The van der Waals surface area contributed by atoms with Crippen LogP contribution in [0.25, 0.3) is 0 Å². The van der Waals surface area contributed by atoms with Crippen molar-refractivity contribution in [2.75, 3.05) is 6.54 Å². The van der Waals surface area contributed by atoms with Crippen molar-refractivity contribution in [3.8, 4) is 0 Å². The summed E-state index contributed by atoms with van der Waals surface area (Å²) in [4.78, 5) is 17.3. The van der Waals surface area contributed by atoms with Crippen LogP contribution in [0.5, 0.6) is 0 Å². The number of hydrogen-bond donors (Lipinski definition) is 1. The fraction of sp³-hybridized carbons (Fsp3) is 0.400. The van der Waals surface area contributed by atoms with Crippen LogP contribution >= 0.6 is 0 Å². The molecule has 0 bridgehead atoms. The van der Waals surface area contributed by atoms with E-state index in [1.54, 1.807) is 12.1 Å². The molecule has 3 rings (SSSR count). The summed E-state index contributed by atoms with van der Waals surface area (Å²) in [6.07, 6.45) is 3.56. The molecule has 2 aromatic heterocycles. The lowest BCUT2D eigenvalue weighted by molar-refractivity contribution is 0.0696. The summed E-state index contributed by atoms with van der Waals surface area (Å²) in [5, 5.41) is 12.8. The van der Waals surface area contributed by atoms with Gasteiger partial charge in [-0.05, 0) is 38.4 Å². The van der Waals surface area contributed by atoms with Gasteiger partial charge in [0.25, 0.3) is 0 Å². The Morgan fingerprint density at radius 3 is 3.00 bits per heavy atom. The van der Waals surface area contributed by atoms with Crippen molar-refractivity contribution in [2.45, 2.75) is 32.4 Å². The summed E-state index contributed by atoms with van der Waals surface area (Å²) in [6.45, 7) is 3.58. The van der Waals surface area contributed by atoms with Gasteiger partial charge in [-0.1, -0.05) is 5.16 Å². The highest BCUT2D eigenvalue weighted by molar-refractivity contribution is 5.87. The van der Waals surface area contributed by atoms with Gasteiger partial charge in [0.2, 0.25) is 0 Å². The second kappa shape index (κ2) is 5.65. The molecule has 3 heterocycles. The summed E-state index contributed by atoms with van der Waals surface area (Å²) < 4.78 is 5.38. The number of carbonyl (C=O) groups is 1. The molecule has 1 unspecified atom stereocenters. The third kappa shape index (κ3) is 2.95. The van der Waals surface area contributed by atoms with Gasteiger partial charge < -0.3 is 9.63 Å². The van der Waals surface area contributed by atoms with Crippen LogP contribution in [0.2, 0.25) is 0 Å². The smallest absolute Gasteiger partial charge is 0.337 e. The lowest BCUT2D eigenvalue weighted by atomic mass is 10.1. The molecule has 0 radical (unpaired) electrons. The fourth-order valence-electron chi connectivity index (χ4n) is 2.73. The largest absolute Gasteiger partial charge is 0.478 e. The van der Waals surface area contributed by atoms with Gasteiger partial charge >= 0.3 is 5.97 Å². The van der Waals surface area contributed by atoms with Crippen LogP contribution in [-0.4, -0.2) is 32.7 Å². The molecule has 0 saturated carbocycles. The van der Waals surface area contributed by atoms with Crippen LogP contribution < -0.4 is 0 Å². The average Bonchev–Trinajstić information content (AvgIpc) is 3.08. The van der Waals surface area contributed by atoms with Gasteiger partial charge in [-0.2, -0.15) is 0 Å². The first-order valence-corrected chi connectivity index (χ1v) is 6.99. The molecule has 0 amide bonds. The lowest BCUT2D eigenvalue weighted by Gasteiger charge is -2.21. The fourth-order valence-corrected chi connectivity index (χ4v) is 2.73. The van der Waals surface area contributed by atoms with Crippen molar-refractivity contribution in [3.63, 3.8) is 0 Å². The Kier molecular flexibility index (Phi) is 3.70. The zero-order chi connectivity index (χ0) is 14.8. The van der Waals surface area contributed by atoms with E-state index in [9.17, 15) is 4.79 Å². The molecule has 0 aliphatic carbocycles. The molecule has 0 aromatic carbocycles. The molecule has 6 nitrogen and oxygen atoms in total. The van der Waals surface area contributed by atoms with Gasteiger partial charge in [0.05, 0.1) is 23.0 Å². The Balaban J connectivity index is 1.72. The second-order valence-corrected chi connectivity index (χ2v) is 5.34. The maximum absolute atomic E-state index is 10.8. The predicted molar refractivity (Wildman–Crippen MR) is 74.8 cm³/mol. The van der Waals surface area contributed by atoms with Crippen LogP contribution in [0.4, 0.5) is 0 Å².